The summed E-state index contributed by atoms with van der Waals surface area (Å²) in [4.78, 5) is 2.45. The second-order valence-electron chi connectivity index (χ2n) is 7.08. The van der Waals surface area contributed by atoms with Gasteiger partial charge < -0.3 is 0 Å². The number of para-hydroxylation sites is 1. The SMILES string of the molecule is CC1CCN(Cn2nc(-c3ccccc3)n(-c3ccccc3)c2=S)CC1. The Morgan fingerprint density at radius 3 is 2.23 bits per heavy atom. The number of hydrogen-bond acceptors (Lipinski definition) is 3. The van der Waals surface area contributed by atoms with E-state index in [-0.39, 0.29) is 0 Å². The Balaban J connectivity index is 1.75. The average molecular weight is 365 g/mol. The molecule has 0 saturated carbocycles. The van der Waals surface area contributed by atoms with E-state index in [0.29, 0.717) is 0 Å². The van der Waals surface area contributed by atoms with E-state index >= 15 is 0 Å². The highest BCUT2D eigenvalue weighted by atomic mass is 32.1. The third-order valence-electron chi connectivity index (χ3n) is 5.10. The third-order valence-corrected chi connectivity index (χ3v) is 5.49. The van der Waals surface area contributed by atoms with Gasteiger partial charge in [-0.3, -0.25) is 9.47 Å². The zero-order chi connectivity index (χ0) is 17.9. The minimum absolute atomic E-state index is 0.744. The molecule has 134 valence electrons. The van der Waals surface area contributed by atoms with Gasteiger partial charge in [0.1, 0.15) is 0 Å². The monoisotopic (exact) mass is 364 g/mol. The van der Waals surface area contributed by atoms with Crippen molar-refractivity contribution >= 4 is 12.2 Å². The quantitative estimate of drug-likeness (QED) is 0.624. The molecule has 1 aliphatic heterocycles. The van der Waals surface area contributed by atoms with Gasteiger partial charge in [-0.1, -0.05) is 55.5 Å². The molecule has 1 saturated heterocycles. The Hall–Kier alpha value is -2.24. The second-order valence-corrected chi connectivity index (χ2v) is 7.45. The van der Waals surface area contributed by atoms with Crippen molar-refractivity contribution in [3.8, 4) is 17.1 Å². The average Bonchev–Trinajstić information content (AvgIpc) is 3.01. The summed E-state index contributed by atoms with van der Waals surface area (Å²) in [5, 5.41) is 4.90. The highest BCUT2D eigenvalue weighted by Crippen LogP contribution is 2.23. The lowest BCUT2D eigenvalue weighted by molar-refractivity contribution is 0.146. The van der Waals surface area contributed by atoms with Gasteiger partial charge in [0, 0.05) is 24.3 Å². The smallest absolute Gasteiger partial charge is 0.204 e. The Bertz CT molecular complexity index is 906. The molecule has 0 spiro atoms. The largest absolute Gasteiger partial charge is 0.284 e. The Kier molecular flexibility index (Phi) is 5.00. The number of nitrogens with zero attached hydrogens (tertiary/aromatic N) is 4. The molecule has 1 aromatic heterocycles. The van der Waals surface area contributed by atoms with Crippen LogP contribution < -0.4 is 0 Å². The highest BCUT2D eigenvalue weighted by Gasteiger charge is 2.19. The Morgan fingerprint density at radius 2 is 1.58 bits per heavy atom. The molecular weight excluding hydrogens is 340 g/mol. The molecular formula is C21H24N4S. The molecule has 0 radical (unpaired) electrons. The van der Waals surface area contributed by atoms with E-state index < -0.39 is 0 Å². The van der Waals surface area contributed by atoms with Crippen molar-refractivity contribution < 1.29 is 0 Å². The van der Waals surface area contributed by atoms with E-state index in [1.54, 1.807) is 0 Å². The van der Waals surface area contributed by atoms with Crippen molar-refractivity contribution in [3.05, 3.63) is 65.4 Å². The molecule has 4 rings (SSSR count). The fourth-order valence-electron chi connectivity index (χ4n) is 3.48. The number of rotatable bonds is 4. The highest BCUT2D eigenvalue weighted by molar-refractivity contribution is 7.71. The van der Waals surface area contributed by atoms with Crippen LogP contribution in [0, 0.1) is 10.7 Å². The van der Waals surface area contributed by atoms with Crippen molar-refractivity contribution in [2.24, 2.45) is 5.92 Å². The lowest BCUT2D eigenvalue weighted by Gasteiger charge is -2.29. The Labute approximate surface area is 159 Å². The molecule has 1 aliphatic rings. The fourth-order valence-corrected chi connectivity index (χ4v) is 3.77. The third kappa shape index (κ3) is 3.50. The van der Waals surface area contributed by atoms with Gasteiger partial charge in [0.25, 0.3) is 0 Å². The first-order chi connectivity index (χ1) is 12.7. The molecule has 3 aromatic rings. The molecule has 0 bridgehead atoms. The van der Waals surface area contributed by atoms with Crippen LogP contribution >= 0.6 is 12.2 Å². The first-order valence-corrected chi connectivity index (χ1v) is 9.66. The van der Waals surface area contributed by atoms with Crippen molar-refractivity contribution in [3.63, 3.8) is 0 Å². The number of piperidine rings is 1. The van der Waals surface area contributed by atoms with Crippen LogP contribution in [0.25, 0.3) is 17.1 Å². The first-order valence-electron chi connectivity index (χ1n) is 9.25. The van der Waals surface area contributed by atoms with Gasteiger partial charge in [0.2, 0.25) is 4.77 Å². The van der Waals surface area contributed by atoms with E-state index in [0.717, 1.165) is 47.5 Å². The van der Waals surface area contributed by atoms with Crippen LogP contribution in [0.1, 0.15) is 19.8 Å². The molecule has 2 heterocycles. The molecule has 0 aliphatic carbocycles. The maximum absolute atomic E-state index is 5.82. The van der Waals surface area contributed by atoms with E-state index in [1.165, 1.54) is 12.8 Å². The maximum atomic E-state index is 5.82. The maximum Gasteiger partial charge on any atom is 0.204 e. The minimum Gasteiger partial charge on any atom is -0.284 e. The van der Waals surface area contributed by atoms with Crippen LogP contribution in [0.2, 0.25) is 0 Å². The summed E-state index contributed by atoms with van der Waals surface area (Å²) in [7, 11) is 0. The van der Waals surface area contributed by atoms with Crippen molar-refractivity contribution in [1.29, 1.82) is 0 Å². The molecule has 2 aromatic carbocycles. The first kappa shape index (κ1) is 17.2. The van der Waals surface area contributed by atoms with Crippen molar-refractivity contribution in [1.82, 2.24) is 19.2 Å². The van der Waals surface area contributed by atoms with Crippen LogP contribution in [-0.4, -0.2) is 32.3 Å². The standard InChI is InChI=1S/C21H24N4S/c1-17-12-14-23(15-13-17)16-24-21(26)25(19-10-6-3-7-11-19)20(22-24)18-8-4-2-5-9-18/h2-11,17H,12-16H2,1H3. The molecule has 5 heteroatoms. The number of likely N-dealkylation sites (tertiary alicyclic amines) is 1. The summed E-state index contributed by atoms with van der Waals surface area (Å²) >= 11 is 5.82. The summed E-state index contributed by atoms with van der Waals surface area (Å²) in [6.45, 7) is 5.31. The molecule has 0 amide bonds. The van der Waals surface area contributed by atoms with Gasteiger partial charge in [0.05, 0.1) is 6.67 Å². The van der Waals surface area contributed by atoms with Crippen LogP contribution in [-0.2, 0) is 6.67 Å². The summed E-state index contributed by atoms with van der Waals surface area (Å²) in [6, 6.07) is 20.5. The van der Waals surface area contributed by atoms with Crippen LogP contribution in [0.5, 0.6) is 0 Å². The zero-order valence-electron chi connectivity index (χ0n) is 15.1. The molecule has 0 atom stereocenters. The second kappa shape index (κ2) is 7.56. The summed E-state index contributed by atoms with van der Waals surface area (Å²) in [5.74, 6) is 1.72. The molecule has 4 nitrogen and oxygen atoms in total. The van der Waals surface area contributed by atoms with Gasteiger partial charge in [-0.2, -0.15) is 0 Å². The summed E-state index contributed by atoms with van der Waals surface area (Å²) in [6.07, 6.45) is 2.50. The van der Waals surface area contributed by atoms with E-state index in [4.69, 9.17) is 17.3 Å². The predicted octanol–water partition coefficient (Wildman–Crippen LogP) is 4.76. The number of hydrogen-bond donors (Lipinski definition) is 0. The van der Waals surface area contributed by atoms with Crippen LogP contribution in [0.3, 0.4) is 0 Å². The number of benzene rings is 2. The fraction of sp³-hybridized carbons (Fsp3) is 0.333. The van der Waals surface area contributed by atoms with Gasteiger partial charge >= 0.3 is 0 Å². The zero-order valence-corrected chi connectivity index (χ0v) is 15.9. The van der Waals surface area contributed by atoms with Gasteiger partial charge in [-0.05, 0) is 43.1 Å². The minimum atomic E-state index is 0.744. The lowest BCUT2D eigenvalue weighted by atomic mass is 10.00. The topological polar surface area (TPSA) is 26.0 Å². The van der Waals surface area contributed by atoms with Gasteiger partial charge in [-0.15, -0.1) is 5.10 Å². The molecule has 26 heavy (non-hydrogen) atoms. The van der Waals surface area contributed by atoms with Crippen LogP contribution in [0.15, 0.2) is 60.7 Å². The van der Waals surface area contributed by atoms with Gasteiger partial charge in [-0.25, -0.2) is 4.68 Å². The molecule has 1 fully saturated rings. The normalized spacial score (nSPS) is 16.0. The van der Waals surface area contributed by atoms with E-state index in [2.05, 4.69) is 40.7 Å². The Morgan fingerprint density at radius 1 is 0.962 bits per heavy atom. The molecule has 0 unspecified atom stereocenters. The van der Waals surface area contributed by atoms with Gasteiger partial charge in [0.15, 0.2) is 5.82 Å². The van der Waals surface area contributed by atoms with Crippen molar-refractivity contribution in [2.75, 3.05) is 13.1 Å². The summed E-state index contributed by atoms with van der Waals surface area (Å²) in [5.41, 5.74) is 2.13. The van der Waals surface area contributed by atoms with E-state index in [1.807, 2.05) is 41.1 Å². The lowest BCUT2D eigenvalue weighted by Crippen LogP contribution is -2.34. The summed E-state index contributed by atoms with van der Waals surface area (Å²) < 4.78 is 4.80. The van der Waals surface area contributed by atoms with Crippen molar-refractivity contribution in [2.45, 2.75) is 26.4 Å². The van der Waals surface area contributed by atoms with E-state index in [9.17, 15) is 0 Å². The number of aromatic nitrogens is 3. The molecule has 0 N–H and O–H groups in total. The van der Waals surface area contributed by atoms with Crippen LogP contribution in [0.4, 0.5) is 0 Å². The predicted molar refractivity (Wildman–Crippen MR) is 108 cm³/mol.